The second kappa shape index (κ2) is 7.10. The van der Waals surface area contributed by atoms with Crippen LogP contribution in [0.15, 0.2) is 18.3 Å². The maximum absolute atomic E-state index is 6.27. The summed E-state index contributed by atoms with van der Waals surface area (Å²) in [5, 5.41) is 4.33. The Kier molecular flexibility index (Phi) is 5.45. The van der Waals surface area contributed by atoms with E-state index >= 15 is 0 Å². The lowest BCUT2D eigenvalue weighted by Gasteiger charge is -2.27. The van der Waals surface area contributed by atoms with Gasteiger partial charge < -0.3 is 5.32 Å². The van der Waals surface area contributed by atoms with E-state index in [0.29, 0.717) is 6.04 Å². The minimum Gasteiger partial charge on any atom is -0.309 e. The molecule has 2 nitrogen and oxygen atoms in total. The van der Waals surface area contributed by atoms with E-state index in [1.165, 1.54) is 38.5 Å². The maximum atomic E-state index is 6.27. The number of nitrogens with zero attached hydrogens (tertiary/aromatic N) is 1. The smallest absolute Gasteiger partial charge is 0.0759 e. The summed E-state index contributed by atoms with van der Waals surface area (Å²) in [6, 6.07) is 4.15. The lowest BCUT2D eigenvalue weighted by atomic mass is 9.84. The van der Waals surface area contributed by atoms with E-state index in [1.54, 1.807) is 0 Å². The highest BCUT2D eigenvalue weighted by Crippen LogP contribution is 2.33. The van der Waals surface area contributed by atoms with Crippen molar-refractivity contribution in [2.24, 2.45) is 5.92 Å². The van der Waals surface area contributed by atoms with Gasteiger partial charge in [-0.05, 0) is 31.0 Å². The molecule has 18 heavy (non-hydrogen) atoms. The van der Waals surface area contributed by atoms with Crippen LogP contribution in [0.1, 0.15) is 57.2 Å². The van der Waals surface area contributed by atoms with Crippen molar-refractivity contribution >= 4 is 11.6 Å². The maximum Gasteiger partial charge on any atom is 0.0759 e. The number of rotatable bonds is 5. The van der Waals surface area contributed by atoms with Crippen LogP contribution in [0.25, 0.3) is 0 Å². The van der Waals surface area contributed by atoms with Crippen molar-refractivity contribution in [2.75, 3.05) is 6.54 Å². The molecule has 1 fully saturated rings. The molecule has 1 aliphatic rings. The number of hydrogen-bond acceptors (Lipinski definition) is 2. The average Bonchev–Trinajstić information content (AvgIpc) is 2.40. The van der Waals surface area contributed by atoms with E-state index < -0.39 is 0 Å². The van der Waals surface area contributed by atoms with Gasteiger partial charge in [0, 0.05) is 6.20 Å². The molecule has 0 amide bonds. The number of hydrogen-bond donors (Lipinski definition) is 1. The first-order chi connectivity index (χ1) is 8.81. The Bertz CT molecular complexity index is 361. The van der Waals surface area contributed by atoms with Crippen LogP contribution in [0.5, 0.6) is 0 Å². The van der Waals surface area contributed by atoms with E-state index in [-0.39, 0.29) is 0 Å². The summed E-state index contributed by atoms with van der Waals surface area (Å²) in [7, 11) is 0. The highest BCUT2D eigenvalue weighted by Gasteiger charge is 2.21. The van der Waals surface area contributed by atoms with E-state index in [9.17, 15) is 0 Å². The van der Waals surface area contributed by atoms with Crippen LogP contribution in [-0.2, 0) is 0 Å². The second-order valence-electron chi connectivity index (χ2n) is 5.22. The topological polar surface area (TPSA) is 24.9 Å². The zero-order valence-corrected chi connectivity index (χ0v) is 11.9. The van der Waals surface area contributed by atoms with Gasteiger partial charge in [-0.15, -0.1) is 0 Å². The second-order valence-corrected chi connectivity index (χ2v) is 5.63. The molecule has 2 rings (SSSR count). The van der Waals surface area contributed by atoms with Crippen molar-refractivity contribution in [1.82, 2.24) is 10.3 Å². The van der Waals surface area contributed by atoms with Crippen molar-refractivity contribution in [3.8, 4) is 0 Å². The Morgan fingerprint density at radius 1 is 1.39 bits per heavy atom. The van der Waals surface area contributed by atoms with E-state index in [1.807, 2.05) is 18.3 Å². The summed E-state index contributed by atoms with van der Waals surface area (Å²) in [6.07, 6.45) is 9.93. The fourth-order valence-corrected chi connectivity index (χ4v) is 3.20. The predicted molar refractivity (Wildman–Crippen MR) is 76.9 cm³/mol. The van der Waals surface area contributed by atoms with Crippen LogP contribution in [0.2, 0.25) is 5.02 Å². The van der Waals surface area contributed by atoms with Crippen molar-refractivity contribution in [2.45, 2.75) is 51.5 Å². The largest absolute Gasteiger partial charge is 0.309 e. The Morgan fingerprint density at radius 3 is 2.83 bits per heavy atom. The molecule has 0 aromatic carbocycles. The molecule has 3 heteroatoms. The van der Waals surface area contributed by atoms with Gasteiger partial charge in [-0.3, -0.25) is 4.98 Å². The van der Waals surface area contributed by atoms with Gasteiger partial charge in [0.25, 0.3) is 0 Å². The fraction of sp³-hybridized carbons (Fsp3) is 0.667. The zero-order chi connectivity index (χ0) is 12.8. The summed E-state index contributed by atoms with van der Waals surface area (Å²) >= 11 is 6.27. The summed E-state index contributed by atoms with van der Waals surface area (Å²) in [5.41, 5.74) is 1.02. The molecular formula is C15H23ClN2. The molecule has 0 saturated heterocycles. The van der Waals surface area contributed by atoms with Gasteiger partial charge in [-0.25, -0.2) is 0 Å². The van der Waals surface area contributed by atoms with Crippen LogP contribution < -0.4 is 5.32 Å². The van der Waals surface area contributed by atoms with Gasteiger partial charge in [0.2, 0.25) is 0 Å². The summed E-state index contributed by atoms with van der Waals surface area (Å²) < 4.78 is 0. The van der Waals surface area contributed by atoms with Crippen LogP contribution in [0.3, 0.4) is 0 Å². The molecule has 0 spiro atoms. The van der Waals surface area contributed by atoms with Gasteiger partial charge >= 0.3 is 0 Å². The zero-order valence-electron chi connectivity index (χ0n) is 11.2. The highest BCUT2D eigenvalue weighted by molar-refractivity contribution is 6.31. The molecule has 1 unspecified atom stereocenters. The third-order valence-corrected chi connectivity index (χ3v) is 4.18. The van der Waals surface area contributed by atoms with Crippen molar-refractivity contribution in [1.29, 1.82) is 0 Å². The first-order valence-electron chi connectivity index (χ1n) is 7.15. The first-order valence-corrected chi connectivity index (χ1v) is 7.53. The van der Waals surface area contributed by atoms with Gasteiger partial charge in [0.15, 0.2) is 0 Å². The molecule has 1 N–H and O–H groups in total. The van der Waals surface area contributed by atoms with Crippen molar-refractivity contribution in [3.63, 3.8) is 0 Å². The van der Waals surface area contributed by atoms with Gasteiger partial charge in [-0.2, -0.15) is 0 Å². The Labute approximate surface area is 115 Å². The Balaban J connectivity index is 2.05. The third kappa shape index (κ3) is 3.69. The lowest BCUT2D eigenvalue weighted by molar-refractivity contribution is 0.299. The van der Waals surface area contributed by atoms with E-state index in [2.05, 4.69) is 17.2 Å². The number of halogens is 1. The molecule has 0 radical (unpaired) electrons. The molecule has 0 bridgehead atoms. The highest BCUT2D eigenvalue weighted by atomic mass is 35.5. The normalized spacial score (nSPS) is 18.8. The molecule has 1 aromatic rings. The quantitative estimate of drug-likeness (QED) is 0.857. The van der Waals surface area contributed by atoms with Crippen LogP contribution in [0.4, 0.5) is 0 Å². The minimum absolute atomic E-state index is 0.312. The molecular weight excluding hydrogens is 244 g/mol. The van der Waals surface area contributed by atoms with Crippen molar-refractivity contribution in [3.05, 3.63) is 29.0 Å². The Hall–Kier alpha value is -0.600. The third-order valence-electron chi connectivity index (χ3n) is 3.86. The van der Waals surface area contributed by atoms with Crippen LogP contribution >= 0.6 is 11.6 Å². The monoisotopic (exact) mass is 266 g/mol. The number of pyridine rings is 1. The van der Waals surface area contributed by atoms with Gasteiger partial charge in [0.05, 0.1) is 16.8 Å². The molecule has 1 saturated carbocycles. The van der Waals surface area contributed by atoms with Gasteiger partial charge in [0.1, 0.15) is 0 Å². The fourth-order valence-electron chi connectivity index (χ4n) is 2.95. The summed E-state index contributed by atoms with van der Waals surface area (Å²) in [5.74, 6) is 0.834. The lowest BCUT2D eigenvalue weighted by Crippen LogP contribution is -2.25. The Morgan fingerprint density at radius 2 is 2.17 bits per heavy atom. The molecule has 1 atom stereocenters. The average molecular weight is 267 g/mol. The van der Waals surface area contributed by atoms with Crippen molar-refractivity contribution < 1.29 is 0 Å². The number of aromatic nitrogens is 1. The standard InChI is InChI=1S/C15H23ClN2/c1-2-17-14(11-12-7-4-3-5-8-12)15-13(16)9-6-10-18-15/h6,9-10,12,14,17H,2-5,7-8,11H2,1H3. The molecule has 1 heterocycles. The van der Waals surface area contributed by atoms with Gasteiger partial charge in [-0.1, -0.05) is 50.6 Å². The van der Waals surface area contributed by atoms with Crippen LogP contribution in [-0.4, -0.2) is 11.5 Å². The summed E-state index contributed by atoms with van der Waals surface area (Å²) in [4.78, 5) is 4.47. The van der Waals surface area contributed by atoms with Crippen LogP contribution in [0, 0.1) is 5.92 Å². The SMILES string of the molecule is CCNC(CC1CCCCC1)c1ncccc1Cl. The molecule has 1 aromatic heterocycles. The van der Waals surface area contributed by atoms with E-state index in [0.717, 1.165) is 23.2 Å². The van der Waals surface area contributed by atoms with E-state index in [4.69, 9.17) is 11.6 Å². The predicted octanol–water partition coefficient (Wildman–Crippen LogP) is 4.36. The minimum atomic E-state index is 0.312. The molecule has 100 valence electrons. The summed E-state index contributed by atoms with van der Waals surface area (Å²) in [6.45, 7) is 3.11. The molecule has 0 aliphatic heterocycles. The number of nitrogens with one attached hydrogen (secondary N) is 1. The molecule has 1 aliphatic carbocycles. The first kappa shape index (κ1) is 13.8.